The highest BCUT2D eigenvalue weighted by Gasteiger charge is 2.28. The Morgan fingerprint density at radius 3 is 2.86 bits per heavy atom. The summed E-state index contributed by atoms with van der Waals surface area (Å²) in [4.78, 5) is 23.2. The zero-order chi connectivity index (χ0) is 25.4. The van der Waals surface area contributed by atoms with Crippen molar-refractivity contribution in [3.8, 4) is 17.1 Å². The molecule has 1 atom stereocenters. The summed E-state index contributed by atoms with van der Waals surface area (Å²) >= 11 is 6.49. The molecule has 186 valence electrons. The maximum absolute atomic E-state index is 14.4. The van der Waals surface area contributed by atoms with Gasteiger partial charge in [0.05, 0.1) is 17.7 Å². The van der Waals surface area contributed by atoms with E-state index in [0.717, 1.165) is 22.5 Å². The van der Waals surface area contributed by atoms with Crippen LogP contribution in [0.2, 0.25) is 5.02 Å². The van der Waals surface area contributed by atoms with E-state index in [1.807, 2.05) is 45.2 Å². The molecule has 0 aliphatic carbocycles. The smallest absolute Gasteiger partial charge is 0.249 e. The Balaban J connectivity index is 1.51. The molecule has 1 aliphatic heterocycles. The van der Waals surface area contributed by atoms with E-state index in [4.69, 9.17) is 26.1 Å². The molecule has 5 rings (SSSR count). The lowest BCUT2D eigenvalue weighted by Crippen LogP contribution is -2.43. The predicted molar refractivity (Wildman–Crippen MR) is 133 cm³/mol. The second-order valence-electron chi connectivity index (χ2n) is 8.73. The summed E-state index contributed by atoms with van der Waals surface area (Å²) in [7, 11) is 1.84. The Bertz CT molecular complexity index is 1460. The molecule has 10 heteroatoms. The summed E-state index contributed by atoms with van der Waals surface area (Å²) in [6.07, 6.45) is 1.51. The number of morpholine rings is 1. The lowest BCUT2D eigenvalue weighted by molar-refractivity contribution is -0.145. The molecule has 3 heterocycles. The van der Waals surface area contributed by atoms with Gasteiger partial charge in [0.1, 0.15) is 36.6 Å². The molecule has 0 unspecified atom stereocenters. The van der Waals surface area contributed by atoms with E-state index in [0.29, 0.717) is 35.5 Å². The third-order valence-electron chi connectivity index (χ3n) is 6.39. The number of carbonyl (C=O) groups is 1. The fourth-order valence-corrected chi connectivity index (χ4v) is 4.87. The minimum Gasteiger partial charge on any atom is -0.487 e. The van der Waals surface area contributed by atoms with Gasteiger partial charge in [0.15, 0.2) is 5.82 Å². The van der Waals surface area contributed by atoms with Crippen molar-refractivity contribution in [2.75, 3.05) is 19.8 Å². The van der Waals surface area contributed by atoms with E-state index in [-0.39, 0.29) is 24.1 Å². The van der Waals surface area contributed by atoms with Gasteiger partial charge in [-0.15, -0.1) is 0 Å². The van der Waals surface area contributed by atoms with Gasteiger partial charge in [0.2, 0.25) is 5.91 Å². The SMILES string of the molecule is Cc1cc(-c2ncnn2C)c2cccc(OCc3c(Cl)cc(F)cc3[C@H](C)N3CCOCC3=O)c2n1. The molecule has 2 aromatic carbocycles. The molecule has 0 bridgehead atoms. The van der Waals surface area contributed by atoms with Crippen molar-refractivity contribution in [3.63, 3.8) is 0 Å². The molecule has 8 nitrogen and oxygen atoms in total. The predicted octanol–water partition coefficient (Wildman–Crippen LogP) is 4.63. The summed E-state index contributed by atoms with van der Waals surface area (Å²) in [6, 6.07) is 9.92. The van der Waals surface area contributed by atoms with E-state index in [9.17, 15) is 9.18 Å². The Kier molecular flexibility index (Phi) is 6.59. The van der Waals surface area contributed by atoms with Gasteiger partial charge in [0, 0.05) is 35.8 Å². The number of rotatable bonds is 6. The lowest BCUT2D eigenvalue weighted by atomic mass is 9.99. The number of amides is 1. The monoisotopic (exact) mass is 509 g/mol. The Labute approximate surface area is 212 Å². The summed E-state index contributed by atoms with van der Waals surface area (Å²) in [5, 5.41) is 5.29. The van der Waals surface area contributed by atoms with Gasteiger partial charge in [-0.05, 0) is 43.7 Å². The summed E-state index contributed by atoms with van der Waals surface area (Å²) in [5.41, 5.74) is 3.58. The third kappa shape index (κ3) is 4.52. The lowest BCUT2D eigenvalue weighted by Gasteiger charge is -2.33. The van der Waals surface area contributed by atoms with Gasteiger partial charge in [-0.25, -0.2) is 19.0 Å². The van der Waals surface area contributed by atoms with E-state index in [1.54, 1.807) is 9.58 Å². The highest BCUT2D eigenvalue weighted by atomic mass is 35.5. The Hall–Kier alpha value is -3.56. The van der Waals surface area contributed by atoms with Crippen LogP contribution in [0, 0.1) is 12.7 Å². The molecule has 1 amide bonds. The molecule has 0 spiro atoms. The van der Waals surface area contributed by atoms with Crippen molar-refractivity contribution in [2.24, 2.45) is 7.05 Å². The van der Waals surface area contributed by atoms with Gasteiger partial charge >= 0.3 is 0 Å². The largest absolute Gasteiger partial charge is 0.487 e. The molecule has 0 radical (unpaired) electrons. The quantitative estimate of drug-likeness (QED) is 0.377. The molecule has 0 saturated carbocycles. The number of pyridine rings is 1. The number of fused-ring (bicyclic) bond motifs is 1. The molecule has 1 fully saturated rings. The van der Waals surface area contributed by atoms with Crippen LogP contribution in [-0.4, -0.2) is 50.3 Å². The number of carbonyl (C=O) groups excluding carboxylic acids is 1. The van der Waals surface area contributed by atoms with Crippen LogP contribution in [0.25, 0.3) is 22.3 Å². The highest BCUT2D eigenvalue weighted by Crippen LogP contribution is 2.35. The van der Waals surface area contributed by atoms with Crippen LogP contribution in [-0.2, 0) is 23.2 Å². The number of hydrogen-bond acceptors (Lipinski definition) is 6. The Morgan fingerprint density at radius 1 is 1.28 bits per heavy atom. The second-order valence-corrected chi connectivity index (χ2v) is 9.14. The first-order chi connectivity index (χ1) is 17.3. The molecule has 36 heavy (non-hydrogen) atoms. The van der Waals surface area contributed by atoms with Crippen LogP contribution in [0.5, 0.6) is 5.75 Å². The fraction of sp³-hybridized carbons (Fsp3) is 0.308. The molecule has 2 aromatic heterocycles. The van der Waals surface area contributed by atoms with Gasteiger partial charge in [0.25, 0.3) is 0 Å². The minimum absolute atomic E-state index is 0.00804. The number of halogens is 2. The Morgan fingerprint density at radius 2 is 2.11 bits per heavy atom. The van der Waals surface area contributed by atoms with Gasteiger partial charge in [-0.2, -0.15) is 5.10 Å². The fourth-order valence-electron chi connectivity index (χ4n) is 4.60. The molecule has 1 aliphatic rings. The maximum atomic E-state index is 14.4. The van der Waals surface area contributed by atoms with E-state index in [1.165, 1.54) is 18.5 Å². The van der Waals surface area contributed by atoms with Gasteiger partial charge in [-0.3, -0.25) is 4.79 Å². The maximum Gasteiger partial charge on any atom is 0.249 e. The van der Waals surface area contributed by atoms with Gasteiger partial charge < -0.3 is 14.4 Å². The van der Waals surface area contributed by atoms with E-state index < -0.39 is 11.9 Å². The van der Waals surface area contributed by atoms with E-state index >= 15 is 0 Å². The topological polar surface area (TPSA) is 82.4 Å². The molecule has 1 saturated heterocycles. The average Bonchev–Trinajstić information content (AvgIpc) is 3.28. The molecule has 0 N–H and O–H groups in total. The summed E-state index contributed by atoms with van der Waals surface area (Å²) in [6.45, 7) is 4.70. The van der Waals surface area contributed by atoms with Crippen molar-refractivity contribution in [2.45, 2.75) is 26.5 Å². The standard InChI is InChI=1S/C26H25ClFN5O3/c1-15-9-20(26-29-14-30-32(26)3)18-5-4-6-23(25(18)31-15)36-12-21-19(10-17(28)11-22(21)27)16(2)33-7-8-35-13-24(33)34/h4-6,9-11,14,16H,7-8,12-13H2,1-3H3/t16-/m0/s1. The summed E-state index contributed by atoms with van der Waals surface area (Å²) in [5.74, 6) is 0.657. The molecule has 4 aromatic rings. The van der Waals surface area contributed by atoms with Crippen LogP contribution < -0.4 is 4.74 Å². The first-order valence-corrected chi connectivity index (χ1v) is 11.9. The third-order valence-corrected chi connectivity index (χ3v) is 6.73. The zero-order valence-electron chi connectivity index (χ0n) is 20.2. The van der Waals surface area contributed by atoms with Crippen molar-refractivity contribution < 1.29 is 18.7 Å². The van der Waals surface area contributed by atoms with Crippen molar-refractivity contribution >= 4 is 28.4 Å². The first kappa shape index (κ1) is 24.1. The van der Waals surface area contributed by atoms with Crippen LogP contribution in [0.15, 0.2) is 42.7 Å². The number of aryl methyl sites for hydroxylation is 2. The number of ether oxygens (including phenoxy) is 2. The summed E-state index contributed by atoms with van der Waals surface area (Å²) < 4.78 is 27.6. The van der Waals surface area contributed by atoms with Crippen LogP contribution in [0.4, 0.5) is 4.39 Å². The van der Waals surface area contributed by atoms with Crippen LogP contribution >= 0.6 is 11.6 Å². The van der Waals surface area contributed by atoms with Crippen molar-refractivity contribution in [3.05, 3.63) is 70.4 Å². The normalized spacial score (nSPS) is 14.9. The van der Waals surface area contributed by atoms with Gasteiger partial charge in [-0.1, -0.05) is 23.7 Å². The number of benzene rings is 2. The number of aromatic nitrogens is 4. The van der Waals surface area contributed by atoms with Crippen LogP contribution in [0.3, 0.4) is 0 Å². The molecular formula is C26H25ClFN5O3. The van der Waals surface area contributed by atoms with Crippen molar-refractivity contribution in [1.29, 1.82) is 0 Å². The first-order valence-electron chi connectivity index (χ1n) is 11.6. The zero-order valence-corrected chi connectivity index (χ0v) is 20.9. The highest BCUT2D eigenvalue weighted by molar-refractivity contribution is 6.31. The minimum atomic E-state index is -0.470. The van der Waals surface area contributed by atoms with E-state index in [2.05, 4.69) is 10.1 Å². The average molecular weight is 510 g/mol. The number of nitrogens with zero attached hydrogens (tertiary/aromatic N) is 5. The number of para-hydroxylation sites is 1. The molecular weight excluding hydrogens is 485 g/mol. The second kappa shape index (κ2) is 9.83. The van der Waals surface area contributed by atoms with Crippen molar-refractivity contribution in [1.82, 2.24) is 24.6 Å². The number of hydrogen-bond donors (Lipinski definition) is 0. The van der Waals surface area contributed by atoms with Crippen LogP contribution in [0.1, 0.15) is 29.8 Å².